The molecule has 3 aromatic rings. The van der Waals surface area contributed by atoms with E-state index in [1.807, 2.05) is 0 Å². The lowest BCUT2D eigenvalue weighted by Gasteiger charge is -2.18. The number of hydrogen-bond acceptors (Lipinski definition) is 6. The summed E-state index contributed by atoms with van der Waals surface area (Å²) in [5, 5.41) is 13.8. The number of carbonyl (C=O) groups excluding carboxylic acids is 1. The molecule has 162 valence electrons. The third-order valence-corrected chi connectivity index (χ3v) is 8.08. The molecule has 11 heteroatoms. The largest absolute Gasteiger partial charge is 0.350 e. The number of nitro groups is 1. The highest BCUT2D eigenvalue weighted by molar-refractivity contribution is 7.91. The van der Waals surface area contributed by atoms with E-state index in [0.717, 1.165) is 18.2 Å². The Bertz CT molecular complexity index is 1250. The van der Waals surface area contributed by atoms with Crippen LogP contribution in [0, 0.1) is 22.9 Å². The maximum absolute atomic E-state index is 13.6. The van der Waals surface area contributed by atoms with Crippen LogP contribution in [0.4, 0.5) is 10.1 Å². The highest BCUT2D eigenvalue weighted by atomic mass is 35.5. The smallest absolute Gasteiger partial charge is 0.270 e. The first-order chi connectivity index (χ1) is 14.6. The molecule has 0 aliphatic carbocycles. The monoisotopic (exact) mass is 482 g/mol. The van der Waals surface area contributed by atoms with Gasteiger partial charge in [0.15, 0.2) is 9.84 Å². The third-order valence-electron chi connectivity index (χ3n) is 4.55. The van der Waals surface area contributed by atoms with Crippen molar-refractivity contribution < 1.29 is 22.5 Å². The van der Waals surface area contributed by atoms with Crippen molar-refractivity contribution in [3.05, 3.63) is 90.9 Å². The number of nitrogens with zero attached hydrogens (tertiary/aromatic N) is 1. The fourth-order valence-corrected chi connectivity index (χ4v) is 6.01. The molecule has 1 amide bonds. The minimum atomic E-state index is -3.96. The zero-order chi connectivity index (χ0) is 22.8. The van der Waals surface area contributed by atoms with Crippen molar-refractivity contribution in [1.29, 1.82) is 0 Å². The molecule has 1 aromatic heterocycles. The molecular weight excluding hydrogens is 467 g/mol. The standard InChI is InChI=1S/C20H16ClFN2O5S2/c1-12-9-14(5-7-17(12)22)31(28,29)19(18-3-2-8-30-18)11-23-20(25)15-6-4-13(24(26)27)10-16(15)21/h2-10,19H,11H2,1H3,(H,23,25). The quantitative estimate of drug-likeness (QED) is 0.298. The number of nitro benzene ring substituents is 1. The Morgan fingerprint density at radius 2 is 2.00 bits per heavy atom. The summed E-state index contributed by atoms with van der Waals surface area (Å²) in [6.45, 7) is 1.19. The topological polar surface area (TPSA) is 106 Å². The van der Waals surface area contributed by atoms with E-state index in [-0.39, 0.29) is 33.3 Å². The van der Waals surface area contributed by atoms with Crippen molar-refractivity contribution in [3.8, 4) is 0 Å². The third kappa shape index (κ3) is 4.92. The van der Waals surface area contributed by atoms with Gasteiger partial charge in [-0.1, -0.05) is 17.7 Å². The highest BCUT2D eigenvalue weighted by Crippen LogP contribution is 2.32. The maximum atomic E-state index is 13.6. The van der Waals surface area contributed by atoms with Crippen LogP contribution in [-0.4, -0.2) is 25.8 Å². The van der Waals surface area contributed by atoms with Gasteiger partial charge >= 0.3 is 0 Å². The van der Waals surface area contributed by atoms with E-state index in [9.17, 15) is 27.7 Å². The van der Waals surface area contributed by atoms with Gasteiger partial charge in [0.25, 0.3) is 11.6 Å². The van der Waals surface area contributed by atoms with Crippen LogP contribution in [0.1, 0.15) is 26.0 Å². The first kappa shape index (κ1) is 22.9. The molecule has 0 saturated carbocycles. The van der Waals surface area contributed by atoms with Gasteiger partial charge in [-0.3, -0.25) is 14.9 Å². The SMILES string of the molecule is Cc1cc(S(=O)(=O)C(CNC(=O)c2ccc([N+](=O)[O-])cc2Cl)c2cccs2)ccc1F. The number of non-ortho nitro benzene ring substituents is 1. The number of carbonyl (C=O) groups is 1. The van der Waals surface area contributed by atoms with E-state index in [0.29, 0.717) is 4.88 Å². The second-order valence-electron chi connectivity index (χ2n) is 6.59. The van der Waals surface area contributed by atoms with Crippen LogP contribution in [0.25, 0.3) is 0 Å². The lowest BCUT2D eigenvalue weighted by Crippen LogP contribution is -2.31. The molecule has 0 saturated heterocycles. The number of sulfone groups is 1. The molecule has 1 atom stereocenters. The fraction of sp³-hybridized carbons (Fsp3) is 0.150. The Morgan fingerprint density at radius 3 is 2.58 bits per heavy atom. The van der Waals surface area contributed by atoms with Gasteiger partial charge in [-0.05, 0) is 48.2 Å². The molecule has 0 spiro atoms. The van der Waals surface area contributed by atoms with E-state index in [1.54, 1.807) is 17.5 Å². The number of hydrogen-bond donors (Lipinski definition) is 1. The molecule has 0 bridgehead atoms. The zero-order valence-corrected chi connectivity index (χ0v) is 18.4. The van der Waals surface area contributed by atoms with Crippen LogP contribution in [0.3, 0.4) is 0 Å². The van der Waals surface area contributed by atoms with E-state index in [1.165, 1.54) is 36.5 Å². The average molecular weight is 483 g/mol. The number of rotatable bonds is 7. The number of thiophene rings is 1. The van der Waals surface area contributed by atoms with E-state index < -0.39 is 31.7 Å². The van der Waals surface area contributed by atoms with Gasteiger partial charge < -0.3 is 5.32 Å². The second kappa shape index (κ2) is 9.13. The molecule has 1 unspecified atom stereocenters. The van der Waals surface area contributed by atoms with Gasteiger partial charge in [0.1, 0.15) is 11.1 Å². The highest BCUT2D eigenvalue weighted by Gasteiger charge is 2.31. The van der Waals surface area contributed by atoms with Crippen molar-refractivity contribution in [2.24, 2.45) is 0 Å². The molecule has 0 aliphatic rings. The van der Waals surface area contributed by atoms with Crippen LogP contribution < -0.4 is 5.32 Å². The summed E-state index contributed by atoms with van der Waals surface area (Å²) in [6.07, 6.45) is 0. The Balaban J connectivity index is 1.88. The first-order valence-corrected chi connectivity index (χ1v) is 11.7. The molecule has 31 heavy (non-hydrogen) atoms. The summed E-state index contributed by atoms with van der Waals surface area (Å²) >= 11 is 7.19. The lowest BCUT2D eigenvalue weighted by atomic mass is 10.2. The molecule has 2 aromatic carbocycles. The number of nitrogens with one attached hydrogen (secondary N) is 1. The summed E-state index contributed by atoms with van der Waals surface area (Å²) in [5.41, 5.74) is -0.104. The van der Waals surface area contributed by atoms with E-state index >= 15 is 0 Å². The minimum Gasteiger partial charge on any atom is -0.350 e. The Hall–Kier alpha value is -2.82. The normalized spacial score (nSPS) is 12.4. The van der Waals surface area contributed by atoms with Gasteiger partial charge in [-0.25, -0.2) is 12.8 Å². The van der Waals surface area contributed by atoms with Crippen LogP contribution in [0.2, 0.25) is 5.02 Å². The van der Waals surface area contributed by atoms with Crippen molar-refractivity contribution in [2.75, 3.05) is 6.54 Å². The number of benzene rings is 2. The number of halogens is 2. The predicted molar refractivity (Wildman–Crippen MR) is 116 cm³/mol. The van der Waals surface area contributed by atoms with Gasteiger partial charge in [0.05, 0.1) is 20.4 Å². The Labute approximate surface area is 186 Å². The van der Waals surface area contributed by atoms with Crippen LogP contribution >= 0.6 is 22.9 Å². The molecule has 7 nitrogen and oxygen atoms in total. The predicted octanol–water partition coefficient (Wildman–Crippen LogP) is 4.70. The Kier molecular flexibility index (Phi) is 6.73. The molecule has 0 fully saturated rings. The molecule has 1 heterocycles. The van der Waals surface area contributed by atoms with Gasteiger partial charge in [-0.2, -0.15) is 0 Å². The van der Waals surface area contributed by atoms with Crippen molar-refractivity contribution in [3.63, 3.8) is 0 Å². The van der Waals surface area contributed by atoms with Crippen LogP contribution in [0.15, 0.2) is 58.8 Å². The number of aryl methyl sites for hydroxylation is 1. The van der Waals surface area contributed by atoms with Crippen molar-refractivity contribution in [2.45, 2.75) is 17.1 Å². The molecule has 1 N–H and O–H groups in total. The first-order valence-electron chi connectivity index (χ1n) is 8.87. The minimum absolute atomic E-state index is 0.0211. The van der Waals surface area contributed by atoms with Gasteiger partial charge in [0.2, 0.25) is 0 Å². The zero-order valence-electron chi connectivity index (χ0n) is 16.0. The summed E-state index contributed by atoms with van der Waals surface area (Å²) in [4.78, 5) is 23.2. The fourth-order valence-electron chi connectivity index (χ4n) is 2.88. The van der Waals surface area contributed by atoms with Crippen molar-refractivity contribution >= 4 is 44.4 Å². The summed E-state index contributed by atoms with van der Waals surface area (Å²) in [7, 11) is -3.96. The average Bonchev–Trinajstić information content (AvgIpc) is 3.23. The molecule has 0 aliphatic heterocycles. The Morgan fingerprint density at radius 1 is 1.26 bits per heavy atom. The number of amides is 1. The second-order valence-corrected chi connectivity index (χ2v) is 10.1. The summed E-state index contributed by atoms with van der Waals surface area (Å²) in [5.74, 6) is -1.19. The van der Waals surface area contributed by atoms with Gasteiger partial charge in [0, 0.05) is 23.6 Å². The summed E-state index contributed by atoms with van der Waals surface area (Å²) in [6, 6.07) is 10.2. The van der Waals surface area contributed by atoms with E-state index in [4.69, 9.17) is 11.6 Å². The van der Waals surface area contributed by atoms with Gasteiger partial charge in [-0.15, -0.1) is 11.3 Å². The maximum Gasteiger partial charge on any atom is 0.270 e. The molecular formula is C20H16ClFN2O5S2. The van der Waals surface area contributed by atoms with Crippen molar-refractivity contribution in [1.82, 2.24) is 5.32 Å². The van der Waals surface area contributed by atoms with E-state index in [2.05, 4.69) is 5.32 Å². The molecule has 3 rings (SSSR count). The molecule has 0 radical (unpaired) electrons. The summed E-state index contributed by atoms with van der Waals surface area (Å²) < 4.78 is 40.1. The van der Waals surface area contributed by atoms with Crippen LogP contribution in [-0.2, 0) is 9.84 Å². The van der Waals surface area contributed by atoms with Crippen LogP contribution in [0.5, 0.6) is 0 Å². The lowest BCUT2D eigenvalue weighted by molar-refractivity contribution is -0.384.